The molecule has 0 unspecified atom stereocenters. The predicted molar refractivity (Wildman–Crippen MR) is 76.1 cm³/mol. The van der Waals surface area contributed by atoms with Crippen molar-refractivity contribution in [1.82, 2.24) is 9.55 Å². The molecule has 5 nitrogen and oxygen atoms in total. The molecule has 0 saturated heterocycles. The molecular weight excluding hydrogens is 256 g/mol. The fourth-order valence-electron chi connectivity index (χ4n) is 3.11. The Labute approximate surface area is 116 Å². The molecule has 1 fully saturated rings. The maximum Gasteiger partial charge on any atom is 0.335 e. The summed E-state index contributed by atoms with van der Waals surface area (Å²) in [6, 6.07) is 4.80. The number of carboxylic acids is 1. The van der Waals surface area contributed by atoms with Crippen LogP contribution in [0.1, 0.15) is 42.5 Å². The molecule has 0 bridgehead atoms. The molecule has 5 heteroatoms. The lowest BCUT2D eigenvalue weighted by molar-refractivity contribution is 0.0697. The topological polar surface area (TPSA) is 75.1 Å². The second-order valence-corrected chi connectivity index (χ2v) is 5.58. The lowest BCUT2D eigenvalue weighted by Gasteiger charge is -2.21. The van der Waals surface area contributed by atoms with Gasteiger partial charge in [-0.3, -0.25) is 4.57 Å². The fraction of sp³-hybridized carbons (Fsp3) is 0.467. The number of aromatic nitrogens is 2. The minimum atomic E-state index is -0.979. The van der Waals surface area contributed by atoms with E-state index in [0.29, 0.717) is 11.4 Å². The molecule has 0 radical (unpaired) electrons. The SMILES string of the molecule is O=C(O)c1ccc2c(c1)[nH]c(=O)n2CC1CCCCC1. The number of hydrogen-bond acceptors (Lipinski definition) is 2. The van der Waals surface area contributed by atoms with E-state index in [1.165, 1.54) is 38.2 Å². The van der Waals surface area contributed by atoms with Crippen molar-refractivity contribution < 1.29 is 9.90 Å². The molecule has 1 aliphatic carbocycles. The monoisotopic (exact) mass is 274 g/mol. The molecule has 2 aromatic rings. The van der Waals surface area contributed by atoms with E-state index in [2.05, 4.69) is 4.98 Å². The third kappa shape index (κ3) is 2.35. The van der Waals surface area contributed by atoms with Crippen molar-refractivity contribution >= 4 is 17.0 Å². The van der Waals surface area contributed by atoms with Gasteiger partial charge in [-0.2, -0.15) is 0 Å². The second kappa shape index (κ2) is 5.15. The van der Waals surface area contributed by atoms with E-state index in [1.807, 2.05) is 0 Å². The van der Waals surface area contributed by atoms with Crippen LogP contribution in [0.15, 0.2) is 23.0 Å². The van der Waals surface area contributed by atoms with Gasteiger partial charge in [0.05, 0.1) is 16.6 Å². The van der Waals surface area contributed by atoms with Crippen LogP contribution in [0, 0.1) is 5.92 Å². The van der Waals surface area contributed by atoms with Gasteiger partial charge in [0, 0.05) is 6.54 Å². The molecule has 1 aliphatic rings. The van der Waals surface area contributed by atoms with E-state index in [-0.39, 0.29) is 11.3 Å². The Hall–Kier alpha value is -2.04. The smallest absolute Gasteiger partial charge is 0.335 e. The summed E-state index contributed by atoms with van der Waals surface area (Å²) in [5, 5.41) is 8.98. The molecule has 106 valence electrons. The zero-order valence-electron chi connectivity index (χ0n) is 11.3. The molecule has 1 aromatic carbocycles. The van der Waals surface area contributed by atoms with Crippen LogP contribution in [0.3, 0.4) is 0 Å². The van der Waals surface area contributed by atoms with E-state index in [4.69, 9.17) is 5.11 Å². The maximum atomic E-state index is 12.1. The highest BCUT2D eigenvalue weighted by Crippen LogP contribution is 2.25. The third-order valence-electron chi connectivity index (χ3n) is 4.19. The highest BCUT2D eigenvalue weighted by atomic mass is 16.4. The molecule has 0 aliphatic heterocycles. The zero-order valence-corrected chi connectivity index (χ0v) is 11.3. The van der Waals surface area contributed by atoms with Crippen molar-refractivity contribution in [2.24, 2.45) is 5.92 Å². The standard InChI is InChI=1S/C15H18N2O3/c18-14(19)11-6-7-13-12(8-11)16-15(20)17(13)9-10-4-2-1-3-5-10/h6-8,10H,1-5,9H2,(H,16,20)(H,18,19). The Kier molecular flexibility index (Phi) is 3.34. The van der Waals surface area contributed by atoms with Crippen molar-refractivity contribution in [1.29, 1.82) is 0 Å². The molecule has 2 N–H and O–H groups in total. The summed E-state index contributed by atoms with van der Waals surface area (Å²) in [7, 11) is 0. The minimum absolute atomic E-state index is 0.145. The normalized spacial score (nSPS) is 16.6. The number of benzene rings is 1. The number of imidazole rings is 1. The summed E-state index contributed by atoms with van der Waals surface area (Å²) < 4.78 is 1.75. The molecular formula is C15H18N2O3. The molecule has 1 heterocycles. The Bertz CT molecular complexity index is 693. The minimum Gasteiger partial charge on any atom is -0.478 e. The van der Waals surface area contributed by atoms with Crippen LogP contribution in [0.25, 0.3) is 11.0 Å². The summed E-state index contributed by atoms with van der Waals surface area (Å²) in [5.41, 5.74) is 1.45. The maximum absolute atomic E-state index is 12.1. The van der Waals surface area contributed by atoms with Crippen molar-refractivity contribution in [3.8, 4) is 0 Å². The number of nitrogens with one attached hydrogen (secondary N) is 1. The molecule has 1 saturated carbocycles. The molecule has 0 spiro atoms. The van der Waals surface area contributed by atoms with E-state index in [1.54, 1.807) is 16.7 Å². The van der Waals surface area contributed by atoms with Crippen LogP contribution in [0.2, 0.25) is 0 Å². The Morgan fingerprint density at radius 3 is 2.75 bits per heavy atom. The molecule has 20 heavy (non-hydrogen) atoms. The van der Waals surface area contributed by atoms with Crippen molar-refractivity contribution in [3.63, 3.8) is 0 Å². The first kappa shape index (κ1) is 13.0. The molecule has 0 amide bonds. The first-order valence-electron chi connectivity index (χ1n) is 7.11. The number of hydrogen-bond donors (Lipinski definition) is 2. The Morgan fingerprint density at radius 1 is 1.30 bits per heavy atom. The van der Waals surface area contributed by atoms with Gasteiger partial charge < -0.3 is 10.1 Å². The fourth-order valence-corrected chi connectivity index (χ4v) is 3.11. The highest BCUT2D eigenvalue weighted by Gasteiger charge is 2.17. The quantitative estimate of drug-likeness (QED) is 0.903. The predicted octanol–water partition coefficient (Wildman–Crippen LogP) is 2.61. The van der Waals surface area contributed by atoms with E-state index in [0.717, 1.165) is 12.1 Å². The van der Waals surface area contributed by atoms with Crippen molar-refractivity contribution in [3.05, 3.63) is 34.2 Å². The van der Waals surface area contributed by atoms with E-state index >= 15 is 0 Å². The number of nitrogens with zero attached hydrogens (tertiary/aromatic N) is 1. The molecule has 3 rings (SSSR count). The van der Waals surface area contributed by atoms with Gasteiger partial charge in [-0.1, -0.05) is 19.3 Å². The van der Waals surface area contributed by atoms with E-state index in [9.17, 15) is 9.59 Å². The lowest BCUT2D eigenvalue weighted by atomic mass is 9.89. The summed E-state index contributed by atoms with van der Waals surface area (Å²) >= 11 is 0. The average molecular weight is 274 g/mol. The average Bonchev–Trinajstić information content (AvgIpc) is 2.75. The number of carbonyl (C=O) groups is 1. The number of aromatic carboxylic acids is 1. The first-order chi connectivity index (χ1) is 9.65. The van der Waals surface area contributed by atoms with Crippen LogP contribution < -0.4 is 5.69 Å². The van der Waals surface area contributed by atoms with Gasteiger partial charge in [0.1, 0.15) is 0 Å². The van der Waals surface area contributed by atoms with Crippen molar-refractivity contribution in [2.45, 2.75) is 38.6 Å². The summed E-state index contributed by atoms with van der Waals surface area (Å²) in [5.74, 6) is -0.424. The van der Waals surface area contributed by atoms with Crippen LogP contribution in [0.5, 0.6) is 0 Å². The zero-order chi connectivity index (χ0) is 14.1. The van der Waals surface area contributed by atoms with Gasteiger partial charge >= 0.3 is 11.7 Å². The van der Waals surface area contributed by atoms with Gasteiger partial charge in [-0.15, -0.1) is 0 Å². The molecule has 1 aromatic heterocycles. The Balaban J connectivity index is 1.96. The van der Waals surface area contributed by atoms with Gasteiger partial charge in [0.15, 0.2) is 0 Å². The van der Waals surface area contributed by atoms with E-state index < -0.39 is 5.97 Å². The van der Waals surface area contributed by atoms with Gasteiger partial charge in [0.2, 0.25) is 0 Å². The second-order valence-electron chi connectivity index (χ2n) is 5.58. The number of aromatic amines is 1. The Morgan fingerprint density at radius 2 is 2.05 bits per heavy atom. The third-order valence-corrected chi connectivity index (χ3v) is 4.19. The first-order valence-corrected chi connectivity index (χ1v) is 7.11. The lowest BCUT2D eigenvalue weighted by Crippen LogP contribution is -2.22. The summed E-state index contributed by atoms with van der Waals surface area (Å²) in [6.45, 7) is 0.727. The highest BCUT2D eigenvalue weighted by molar-refractivity contribution is 5.92. The van der Waals surface area contributed by atoms with Crippen molar-refractivity contribution in [2.75, 3.05) is 0 Å². The van der Waals surface area contributed by atoms with Gasteiger partial charge in [0.25, 0.3) is 0 Å². The number of rotatable bonds is 3. The number of carboxylic acid groups (broad SMARTS) is 1. The van der Waals surface area contributed by atoms with Crippen LogP contribution >= 0.6 is 0 Å². The van der Waals surface area contributed by atoms with Crippen LogP contribution in [0.4, 0.5) is 0 Å². The van der Waals surface area contributed by atoms with Crippen LogP contribution in [-0.4, -0.2) is 20.6 Å². The molecule has 0 atom stereocenters. The van der Waals surface area contributed by atoms with Gasteiger partial charge in [-0.25, -0.2) is 9.59 Å². The summed E-state index contributed by atoms with van der Waals surface area (Å²) in [4.78, 5) is 25.8. The van der Waals surface area contributed by atoms with Gasteiger partial charge in [-0.05, 0) is 37.0 Å². The largest absolute Gasteiger partial charge is 0.478 e. The number of H-pyrrole nitrogens is 1. The number of fused-ring (bicyclic) bond motifs is 1. The van der Waals surface area contributed by atoms with Crippen LogP contribution in [-0.2, 0) is 6.54 Å². The summed E-state index contributed by atoms with van der Waals surface area (Å²) in [6.07, 6.45) is 6.12.